The molecule has 1 heterocycles. The van der Waals surface area contributed by atoms with Gasteiger partial charge in [-0.1, -0.05) is 31.1 Å². The van der Waals surface area contributed by atoms with Crippen LogP contribution in [-0.4, -0.2) is 55.5 Å². The number of anilines is 2. The van der Waals surface area contributed by atoms with Gasteiger partial charge in [0.2, 0.25) is 0 Å². The summed E-state index contributed by atoms with van der Waals surface area (Å²) in [6, 6.07) is 11.3. The Balaban J connectivity index is 0.000000745. The fraction of sp³-hybridized carbons (Fsp3) is 0.370. The Morgan fingerprint density at radius 3 is 2.12 bits per heavy atom. The number of hydrogen-bond acceptors (Lipinski definition) is 7. The summed E-state index contributed by atoms with van der Waals surface area (Å²) in [4.78, 5) is 22.8. The van der Waals surface area contributed by atoms with E-state index in [2.05, 4.69) is 23.7 Å². The van der Waals surface area contributed by atoms with E-state index < -0.39 is 28.1 Å². The molecule has 0 unspecified atom stereocenters. The van der Waals surface area contributed by atoms with Crippen LogP contribution >= 0.6 is 0 Å². The highest BCUT2D eigenvalue weighted by molar-refractivity contribution is 7.92. The van der Waals surface area contributed by atoms with Crippen molar-refractivity contribution in [3.8, 4) is 0 Å². The summed E-state index contributed by atoms with van der Waals surface area (Å²) in [5, 5.41) is 20.8. The lowest BCUT2D eigenvalue weighted by Crippen LogP contribution is -2.23. The zero-order valence-electron chi connectivity index (χ0n) is 23.1. The summed E-state index contributed by atoms with van der Waals surface area (Å²) in [6.07, 6.45) is -3.58. The Kier molecular flexibility index (Phi) is 10.9. The van der Waals surface area contributed by atoms with E-state index in [4.69, 9.17) is 14.4 Å². The highest BCUT2D eigenvalue weighted by atomic mass is 32.2. The van der Waals surface area contributed by atoms with Crippen LogP contribution in [0, 0.1) is 19.8 Å². The Morgan fingerprint density at radius 2 is 1.66 bits per heavy atom. The Labute approximate surface area is 235 Å². The van der Waals surface area contributed by atoms with Crippen molar-refractivity contribution in [3.05, 3.63) is 70.6 Å². The van der Waals surface area contributed by atoms with Gasteiger partial charge in [0, 0.05) is 24.8 Å². The van der Waals surface area contributed by atoms with Gasteiger partial charge < -0.3 is 19.6 Å². The minimum Gasteiger partial charge on any atom is -0.478 e. The molecule has 0 spiro atoms. The SMILES string of the molecule is Cc1noc(C)c1CCN(C)c1ccc(NS(=O)(=O)c2ccc(CC(C)C)cc2)cc1C(=O)O.O=C(O)C(F)(F)F. The number of rotatable bonds is 10. The van der Waals surface area contributed by atoms with Gasteiger partial charge in [0.15, 0.2) is 0 Å². The maximum absolute atomic E-state index is 12.8. The molecule has 0 aliphatic heterocycles. The molecule has 0 radical (unpaired) electrons. The van der Waals surface area contributed by atoms with Gasteiger partial charge in [0.25, 0.3) is 10.0 Å². The molecule has 41 heavy (non-hydrogen) atoms. The second kappa shape index (κ2) is 13.5. The molecule has 3 aromatic rings. The molecular weight excluding hydrogens is 567 g/mol. The third kappa shape index (κ3) is 9.52. The molecule has 1 aromatic heterocycles. The van der Waals surface area contributed by atoms with E-state index in [9.17, 15) is 31.5 Å². The van der Waals surface area contributed by atoms with Crippen LogP contribution in [0.4, 0.5) is 24.5 Å². The quantitative estimate of drug-likeness (QED) is 0.282. The molecule has 0 saturated heterocycles. The summed E-state index contributed by atoms with van der Waals surface area (Å²) < 4.78 is 65.1. The van der Waals surface area contributed by atoms with Crippen LogP contribution in [0.15, 0.2) is 51.9 Å². The average molecular weight is 600 g/mol. The number of alkyl halides is 3. The standard InChI is InChI=1S/C25H31N3O5S.C2HF3O2/c1-16(2)14-19-6-9-21(10-7-19)34(31,32)27-20-8-11-24(23(15-20)25(29)30)28(5)13-12-22-17(3)26-33-18(22)4;3-2(4,5)1(6)7/h6-11,15-16,27H,12-14H2,1-5H3,(H,29,30);(H,6,7). The molecule has 0 aliphatic rings. The second-order valence-corrected chi connectivity index (χ2v) is 11.3. The van der Waals surface area contributed by atoms with Gasteiger partial charge in [-0.25, -0.2) is 18.0 Å². The monoisotopic (exact) mass is 599 g/mol. The summed E-state index contributed by atoms with van der Waals surface area (Å²) in [6.45, 7) is 8.45. The second-order valence-electron chi connectivity index (χ2n) is 9.66. The maximum atomic E-state index is 12.8. The molecule has 0 aliphatic carbocycles. The van der Waals surface area contributed by atoms with Crippen molar-refractivity contribution in [1.29, 1.82) is 0 Å². The van der Waals surface area contributed by atoms with Crippen LogP contribution in [0.3, 0.4) is 0 Å². The van der Waals surface area contributed by atoms with E-state index in [1.54, 1.807) is 43.4 Å². The van der Waals surface area contributed by atoms with Gasteiger partial charge in [-0.05, 0) is 68.5 Å². The first-order chi connectivity index (χ1) is 18.9. The fourth-order valence-electron chi connectivity index (χ4n) is 3.85. The molecular formula is C27H32F3N3O7S. The number of carboxylic acids is 2. The van der Waals surface area contributed by atoms with Crippen molar-refractivity contribution < 1.29 is 45.9 Å². The van der Waals surface area contributed by atoms with Crippen LogP contribution in [-0.2, 0) is 27.7 Å². The summed E-state index contributed by atoms with van der Waals surface area (Å²) in [5.41, 5.74) is 3.55. The smallest absolute Gasteiger partial charge is 0.478 e. The third-order valence-electron chi connectivity index (χ3n) is 5.89. The lowest BCUT2D eigenvalue weighted by molar-refractivity contribution is -0.192. The first-order valence-corrected chi connectivity index (χ1v) is 13.8. The molecule has 0 bridgehead atoms. The number of aromatic carboxylic acids is 1. The third-order valence-corrected chi connectivity index (χ3v) is 7.29. The largest absolute Gasteiger partial charge is 0.490 e. The van der Waals surface area contributed by atoms with Crippen molar-refractivity contribution >= 4 is 33.3 Å². The number of nitrogens with zero attached hydrogens (tertiary/aromatic N) is 2. The number of carbonyl (C=O) groups is 2. The highest BCUT2D eigenvalue weighted by Crippen LogP contribution is 2.26. The predicted molar refractivity (Wildman–Crippen MR) is 146 cm³/mol. The van der Waals surface area contributed by atoms with Crippen LogP contribution < -0.4 is 9.62 Å². The van der Waals surface area contributed by atoms with Gasteiger partial charge in [-0.15, -0.1) is 0 Å². The molecule has 3 rings (SSSR count). The number of aromatic nitrogens is 1. The maximum Gasteiger partial charge on any atom is 0.490 e. The summed E-state index contributed by atoms with van der Waals surface area (Å²) in [7, 11) is -2.06. The minimum absolute atomic E-state index is 0.00810. The molecule has 2 aromatic carbocycles. The number of nitrogens with one attached hydrogen (secondary N) is 1. The minimum atomic E-state index is -5.08. The Hall–Kier alpha value is -4.07. The molecule has 3 N–H and O–H groups in total. The topological polar surface area (TPSA) is 150 Å². The molecule has 0 atom stereocenters. The lowest BCUT2D eigenvalue weighted by Gasteiger charge is -2.22. The Morgan fingerprint density at radius 1 is 1.07 bits per heavy atom. The van der Waals surface area contributed by atoms with E-state index in [-0.39, 0.29) is 16.1 Å². The molecule has 14 heteroatoms. The number of hydrogen-bond donors (Lipinski definition) is 3. The normalized spacial score (nSPS) is 11.5. The number of benzene rings is 2. The van der Waals surface area contributed by atoms with Crippen molar-refractivity contribution in [1.82, 2.24) is 5.16 Å². The zero-order valence-corrected chi connectivity index (χ0v) is 23.9. The van der Waals surface area contributed by atoms with Crippen molar-refractivity contribution in [3.63, 3.8) is 0 Å². The van der Waals surface area contributed by atoms with Gasteiger partial charge in [-0.3, -0.25) is 4.72 Å². The van der Waals surface area contributed by atoms with Crippen LogP contribution in [0.5, 0.6) is 0 Å². The van der Waals surface area contributed by atoms with E-state index in [1.165, 1.54) is 6.07 Å². The van der Waals surface area contributed by atoms with Gasteiger partial charge >= 0.3 is 18.1 Å². The number of aliphatic carboxylic acids is 1. The van der Waals surface area contributed by atoms with Crippen molar-refractivity contribution in [2.45, 2.75) is 51.6 Å². The summed E-state index contributed by atoms with van der Waals surface area (Å²) in [5.74, 6) is -2.69. The number of carboxylic acid groups (broad SMARTS) is 2. The Bertz CT molecular complexity index is 1450. The highest BCUT2D eigenvalue weighted by Gasteiger charge is 2.38. The van der Waals surface area contributed by atoms with Crippen LogP contribution in [0.25, 0.3) is 0 Å². The van der Waals surface area contributed by atoms with Crippen LogP contribution in [0.1, 0.15) is 46.8 Å². The van der Waals surface area contributed by atoms with Gasteiger partial charge in [0.1, 0.15) is 5.76 Å². The van der Waals surface area contributed by atoms with Crippen molar-refractivity contribution in [2.75, 3.05) is 23.2 Å². The van der Waals surface area contributed by atoms with E-state index in [1.807, 2.05) is 18.7 Å². The van der Waals surface area contributed by atoms with Crippen LogP contribution in [0.2, 0.25) is 0 Å². The number of sulfonamides is 1. The lowest BCUT2D eigenvalue weighted by atomic mass is 10.0. The number of halogens is 3. The van der Waals surface area contributed by atoms with E-state index in [0.717, 1.165) is 29.0 Å². The van der Waals surface area contributed by atoms with E-state index >= 15 is 0 Å². The molecule has 224 valence electrons. The van der Waals surface area contributed by atoms with E-state index in [0.29, 0.717) is 24.6 Å². The van der Waals surface area contributed by atoms with Crippen molar-refractivity contribution in [2.24, 2.45) is 5.92 Å². The molecule has 0 saturated carbocycles. The van der Waals surface area contributed by atoms with Gasteiger partial charge in [0.05, 0.1) is 21.8 Å². The predicted octanol–water partition coefficient (Wildman–Crippen LogP) is 5.30. The summed E-state index contributed by atoms with van der Waals surface area (Å²) >= 11 is 0. The fourth-order valence-corrected chi connectivity index (χ4v) is 4.90. The average Bonchev–Trinajstić information content (AvgIpc) is 3.18. The zero-order chi connectivity index (χ0) is 31.1. The first kappa shape index (κ1) is 33.1. The van der Waals surface area contributed by atoms with Gasteiger partial charge in [-0.2, -0.15) is 13.2 Å². The first-order valence-electron chi connectivity index (χ1n) is 12.3. The molecule has 10 nitrogen and oxygen atoms in total. The number of likely N-dealkylation sites (N-methyl/N-ethyl adjacent to an activating group) is 1. The molecule has 0 amide bonds. The number of aryl methyl sites for hydroxylation is 2. The molecule has 0 fully saturated rings.